The van der Waals surface area contributed by atoms with Gasteiger partial charge in [0.25, 0.3) is 0 Å². The van der Waals surface area contributed by atoms with Crippen molar-refractivity contribution < 1.29 is 19.4 Å². The summed E-state index contributed by atoms with van der Waals surface area (Å²) >= 11 is 0. The number of hydrogen-bond donors (Lipinski definition) is 1. The average molecular weight is 433 g/mol. The Hall–Kier alpha value is -3.11. The van der Waals surface area contributed by atoms with Crippen LogP contribution >= 0.6 is 0 Å². The third kappa shape index (κ3) is 5.20. The summed E-state index contributed by atoms with van der Waals surface area (Å²) in [5.74, 6) is -0.410. The molecule has 168 valence electrons. The predicted octanol–water partition coefficient (Wildman–Crippen LogP) is 6.66. The first-order chi connectivity index (χ1) is 15.0. The first kappa shape index (κ1) is 23.6. The Labute approximate surface area is 190 Å². The Morgan fingerprint density at radius 3 is 2.06 bits per heavy atom. The van der Waals surface area contributed by atoms with E-state index in [-0.39, 0.29) is 0 Å². The van der Waals surface area contributed by atoms with Crippen molar-refractivity contribution in [1.82, 2.24) is 0 Å². The Bertz CT molecular complexity index is 1080. The van der Waals surface area contributed by atoms with Gasteiger partial charge in [-0.2, -0.15) is 0 Å². The van der Waals surface area contributed by atoms with Crippen LogP contribution in [0.15, 0.2) is 66.7 Å². The normalized spacial score (nSPS) is 13.4. The van der Waals surface area contributed by atoms with Crippen LogP contribution in [-0.4, -0.2) is 16.7 Å². The van der Waals surface area contributed by atoms with E-state index in [1.54, 1.807) is 6.92 Å². The van der Waals surface area contributed by atoms with Gasteiger partial charge >= 0.3 is 5.97 Å². The quantitative estimate of drug-likeness (QED) is 0.453. The van der Waals surface area contributed by atoms with Crippen molar-refractivity contribution in [2.24, 2.45) is 0 Å². The molecular formula is C28H32O4. The molecule has 1 N–H and O–H groups in total. The lowest BCUT2D eigenvalue weighted by molar-refractivity contribution is -0.183. The van der Waals surface area contributed by atoms with E-state index < -0.39 is 17.2 Å². The summed E-state index contributed by atoms with van der Waals surface area (Å²) in [5.41, 5.74) is 3.02. The van der Waals surface area contributed by atoms with Crippen LogP contribution in [-0.2, 0) is 21.7 Å². The molecule has 0 saturated carbocycles. The van der Waals surface area contributed by atoms with Crippen LogP contribution in [0.25, 0.3) is 11.1 Å². The minimum atomic E-state index is -1.56. The zero-order valence-electron chi connectivity index (χ0n) is 19.7. The minimum Gasteiger partial charge on any atom is -0.488 e. The maximum atomic E-state index is 12.6. The molecule has 0 heterocycles. The Balaban J connectivity index is 2.23. The van der Waals surface area contributed by atoms with Gasteiger partial charge in [-0.15, -0.1) is 0 Å². The smallest absolute Gasteiger partial charge is 0.340 e. The number of aryl methyl sites for hydroxylation is 2. The van der Waals surface area contributed by atoms with Gasteiger partial charge in [0, 0.05) is 11.1 Å². The average Bonchev–Trinajstić information content (AvgIpc) is 2.72. The molecule has 0 aromatic heterocycles. The number of ether oxygens (including phenoxy) is 2. The second kappa shape index (κ2) is 9.17. The Morgan fingerprint density at radius 2 is 1.50 bits per heavy atom. The third-order valence-corrected chi connectivity index (χ3v) is 5.35. The lowest BCUT2D eigenvalue weighted by Crippen LogP contribution is -2.42. The van der Waals surface area contributed by atoms with Gasteiger partial charge in [-0.1, -0.05) is 66.2 Å². The first-order valence-electron chi connectivity index (χ1n) is 10.8. The van der Waals surface area contributed by atoms with Crippen LogP contribution in [0.1, 0.15) is 49.9 Å². The van der Waals surface area contributed by atoms with Gasteiger partial charge in [0.15, 0.2) is 5.60 Å². The molecule has 0 saturated heterocycles. The summed E-state index contributed by atoms with van der Waals surface area (Å²) in [7, 11) is 0. The van der Waals surface area contributed by atoms with E-state index in [1.807, 2.05) is 101 Å². The fraction of sp³-hybridized carbons (Fsp3) is 0.321. The number of benzene rings is 3. The fourth-order valence-electron chi connectivity index (χ4n) is 3.98. The molecule has 3 rings (SSSR count). The predicted molar refractivity (Wildman–Crippen MR) is 128 cm³/mol. The molecular weight excluding hydrogens is 400 g/mol. The van der Waals surface area contributed by atoms with Gasteiger partial charge in [-0.3, -0.25) is 0 Å². The summed E-state index contributed by atoms with van der Waals surface area (Å²) in [6.07, 6.45) is 0. The number of rotatable bonds is 7. The molecule has 3 aromatic carbocycles. The number of carboxylic acid groups (broad SMARTS) is 1. The number of aliphatic carboxylic acids is 1. The maximum absolute atomic E-state index is 12.6. The van der Waals surface area contributed by atoms with Crippen LogP contribution in [0.4, 0.5) is 0 Å². The zero-order valence-corrected chi connectivity index (χ0v) is 19.7. The van der Waals surface area contributed by atoms with E-state index in [0.29, 0.717) is 17.9 Å². The number of hydrogen-bond acceptors (Lipinski definition) is 3. The van der Waals surface area contributed by atoms with Crippen molar-refractivity contribution in [3.63, 3.8) is 0 Å². The van der Waals surface area contributed by atoms with Gasteiger partial charge in [0.05, 0.1) is 5.60 Å². The molecule has 4 heteroatoms. The highest BCUT2D eigenvalue weighted by molar-refractivity contribution is 5.87. The van der Waals surface area contributed by atoms with E-state index in [1.165, 1.54) is 0 Å². The largest absolute Gasteiger partial charge is 0.488 e. The van der Waals surface area contributed by atoms with Crippen molar-refractivity contribution in [1.29, 1.82) is 0 Å². The summed E-state index contributed by atoms with van der Waals surface area (Å²) < 4.78 is 12.5. The Kier molecular flexibility index (Phi) is 6.75. The minimum absolute atomic E-state index is 0.381. The standard InChI is InChI=1S/C28H32O4/c1-19-12-15-22(16-13-19)24-23(31-18-21-10-8-7-9-11-21)17-14-20(2)25(24)28(6,26(29)30)32-27(3,4)5/h7-17H,18H2,1-6H3,(H,29,30). The molecule has 0 bridgehead atoms. The molecule has 32 heavy (non-hydrogen) atoms. The fourth-order valence-corrected chi connectivity index (χ4v) is 3.98. The Morgan fingerprint density at radius 1 is 0.875 bits per heavy atom. The lowest BCUT2D eigenvalue weighted by Gasteiger charge is -2.36. The van der Waals surface area contributed by atoms with Crippen molar-refractivity contribution in [3.8, 4) is 16.9 Å². The SMILES string of the molecule is Cc1ccc(-c2c(OCc3ccccc3)ccc(C)c2C(C)(OC(C)(C)C)C(=O)O)cc1. The van der Waals surface area contributed by atoms with Gasteiger partial charge in [-0.05, 0) is 64.3 Å². The second-order valence-corrected chi connectivity index (χ2v) is 9.32. The van der Waals surface area contributed by atoms with E-state index in [4.69, 9.17) is 9.47 Å². The monoisotopic (exact) mass is 432 g/mol. The van der Waals surface area contributed by atoms with Gasteiger partial charge in [0.2, 0.25) is 0 Å². The van der Waals surface area contributed by atoms with E-state index >= 15 is 0 Å². The van der Waals surface area contributed by atoms with Crippen molar-refractivity contribution in [2.75, 3.05) is 0 Å². The summed E-state index contributed by atoms with van der Waals surface area (Å²) in [4.78, 5) is 12.6. The molecule has 0 aliphatic carbocycles. The van der Waals surface area contributed by atoms with Crippen LogP contribution in [0, 0.1) is 13.8 Å². The summed E-state index contributed by atoms with van der Waals surface area (Å²) in [5, 5.41) is 10.3. The number of carboxylic acids is 1. The molecule has 0 spiro atoms. The molecule has 4 nitrogen and oxygen atoms in total. The lowest BCUT2D eigenvalue weighted by atomic mass is 9.83. The second-order valence-electron chi connectivity index (χ2n) is 9.32. The van der Waals surface area contributed by atoms with Gasteiger partial charge < -0.3 is 14.6 Å². The van der Waals surface area contributed by atoms with E-state index in [9.17, 15) is 9.90 Å². The highest BCUT2D eigenvalue weighted by Crippen LogP contribution is 2.44. The van der Waals surface area contributed by atoms with Crippen LogP contribution in [0.5, 0.6) is 5.75 Å². The van der Waals surface area contributed by atoms with Crippen molar-refractivity contribution in [2.45, 2.75) is 59.4 Å². The van der Waals surface area contributed by atoms with Crippen molar-refractivity contribution >= 4 is 5.97 Å². The molecule has 0 aliphatic rings. The summed E-state index contributed by atoms with van der Waals surface area (Å²) in [6, 6.07) is 21.8. The first-order valence-corrected chi connectivity index (χ1v) is 10.8. The van der Waals surface area contributed by atoms with Crippen LogP contribution in [0.3, 0.4) is 0 Å². The molecule has 1 atom stereocenters. The molecule has 0 amide bonds. The molecule has 0 radical (unpaired) electrons. The highest BCUT2D eigenvalue weighted by atomic mass is 16.5. The molecule has 0 aliphatic heterocycles. The van der Waals surface area contributed by atoms with Crippen LogP contribution < -0.4 is 4.74 Å². The zero-order chi connectivity index (χ0) is 23.5. The van der Waals surface area contributed by atoms with Crippen molar-refractivity contribution in [3.05, 3.63) is 89.0 Å². The third-order valence-electron chi connectivity index (χ3n) is 5.35. The molecule has 0 fully saturated rings. The van der Waals surface area contributed by atoms with E-state index in [2.05, 4.69) is 0 Å². The van der Waals surface area contributed by atoms with Gasteiger partial charge in [-0.25, -0.2) is 4.79 Å². The number of carbonyl (C=O) groups is 1. The molecule has 1 unspecified atom stereocenters. The van der Waals surface area contributed by atoms with Gasteiger partial charge in [0.1, 0.15) is 12.4 Å². The highest BCUT2D eigenvalue weighted by Gasteiger charge is 2.43. The van der Waals surface area contributed by atoms with E-state index in [0.717, 1.165) is 27.8 Å². The topological polar surface area (TPSA) is 55.8 Å². The summed E-state index contributed by atoms with van der Waals surface area (Å²) in [6.45, 7) is 11.5. The maximum Gasteiger partial charge on any atom is 0.340 e. The molecule has 3 aromatic rings. The van der Waals surface area contributed by atoms with Crippen LogP contribution in [0.2, 0.25) is 0 Å².